The summed E-state index contributed by atoms with van der Waals surface area (Å²) in [5, 5.41) is 0. The first-order chi connectivity index (χ1) is 7.08. The van der Waals surface area contributed by atoms with Crippen LogP contribution in [0.25, 0.3) is 0 Å². The monoisotopic (exact) mass is 212 g/mol. The lowest BCUT2D eigenvalue weighted by Crippen LogP contribution is -2.41. The molecule has 0 amide bonds. The topological polar surface area (TPSA) is 69.7 Å². The molecule has 0 aromatic heterocycles. The Morgan fingerprint density at radius 1 is 1.33 bits per heavy atom. The van der Waals surface area contributed by atoms with Crippen LogP contribution < -0.4 is 0 Å². The van der Waals surface area contributed by atoms with Crippen molar-refractivity contribution in [3.05, 3.63) is 0 Å². The molecule has 0 N–H and O–H groups in total. The standard InChI is InChI=1S/C10H12O5/c1-4-5-10(6-7-11,8(12)14-2)9(13)15-3/h1,7H,5-6H2,2-3H3. The van der Waals surface area contributed by atoms with E-state index in [4.69, 9.17) is 6.42 Å². The van der Waals surface area contributed by atoms with Crippen molar-refractivity contribution in [3.63, 3.8) is 0 Å². The van der Waals surface area contributed by atoms with Crippen LogP contribution in [-0.2, 0) is 23.9 Å². The summed E-state index contributed by atoms with van der Waals surface area (Å²) in [6.45, 7) is 0. The van der Waals surface area contributed by atoms with E-state index in [9.17, 15) is 14.4 Å². The van der Waals surface area contributed by atoms with Crippen molar-refractivity contribution in [3.8, 4) is 12.3 Å². The quantitative estimate of drug-likeness (QED) is 0.276. The average Bonchev–Trinajstić information content (AvgIpc) is 2.26. The van der Waals surface area contributed by atoms with E-state index in [0.717, 1.165) is 14.2 Å². The summed E-state index contributed by atoms with van der Waals surface area (Å²) >= 11 is 0. The predicted molar refractivity (Wildman–Crippen MR) is 50.6 cm³/mol. The van der Waals surface area contributed by atoms with Crippen LogP contribution in [0.3, 0.4) is 0 Å². The predicted octanol–water partition coefficient (Wildman–Crippen LogP) is -0.0689. The van der Waals surface area contributed by atoms with Crippen LogP contribution in [-0.4, -0.2) is 32.4 Å². The smallest absolute Gasteiger partial charge is 0.324 e. The van der Waals surface area contributed by atoms with Gasteiger partial charge in [0, 0.05) is 12.8 Å². The Balaban J connectivity index is 5.25. The van der Waals surface area contributed by atoms with Gasteiger partial charge in [-0.05, 0) is 0 Å². The summed E-state index contributed by atoms with van der Waals surface area (Å²) in [4.78, 5) is 33.3. The highest BCUT2D eigenvalue weighted by Crippen LogP contribution is 2.28. The van der Waals surface area contributed by atoms with Crippen LogP contribution in [0, 0.1) is 17.8 Å². The van der Waals surface area contributed by atoms with Gasteiger partial charge in [0.15, 0.2) is 5.41 Å². The van der Waals surface area contributed by atoms with E-state index in [1.165, 1.54) is 0 Å². The second-order valence-corrected chi connectivity index (χ2v) is 2.82. The zero-order chi connectivity index (χ0) is 11.9. The molecule has 0 unspecified atom stereocenters. The van der Waals surface area contributed by atoms with Crippen molar-refractivity contribution >= 4 is 18.2 Å². The molecule has 0 aliphatic carbocycles. The van der Waals surface area contributed by atoms with E-state index in [0.29, 0.717) is 6.29 Å². The number of rotatable bonds is 5. The zero-order valence-corrected chi connectivity index (χ0v) is 8.61. The second kappa shape index (κ2) is 5.81. The Morgan fingerprint density at radius 3 is 2.07 bits per heavy atom. The van der Waals surface area contributed by atoms with E-state index >= 15 is 0 Å². The largest absolute Gasteiger partial charge is 0.468 e. The van der Waals surface area contributed by atoms with Crippen molar-refractivity contribution in [2.75, 3.05) is 14.2 Å². The molecule has 82 valence electrons. The maximum absolute atomic E-state index is 11.4. The van der Waals surface area contributed by atoms with Crippen molar-refractivity contribution in [1.82, 2.24) is 0 Å². The molecule has 0 spiro atoms. The van der Waals surface area contributed by atoms with E-state index in [1.807, 2.05) is 0 Å². The molecule has 0 rings (SSSR count). The third-order valence-electron chi connectivity index (χ3n) is 1.99. The highest BCUT2D eigenvalue weighted by atomic mass is 16.5. The molecule has 0 saturated carbocycles. The highest BCUT2D eigenvalue weighted by Gasteiger charge is 2.47. The second-order valence-electron chi connectivity index (χ2n) is 2.82. The molecule has 0 heterocycles. The summed E-state index contributed by atoms with van der Waals surface area (Å²) in [5.74, 6) is 0.440. The molecule has 0 aliphatic rings. The van der Waals surface area contributed by atoms with Crippen LogP contribution in [0.15, 0.2) is 0 Å². The molecular formula is C10H12O5. The first-order valence-corrected chi connectivity index (χ1v) is 4.13. The van der Waals surface area contributed by atoms with Gasteiger partial charge in [-0.2, -0.15) is 0 Å². The van der Waals surface area contributed by atoms with Crippen LogP contribution in [0.1, 0.15) is 12.8 Å². The maximum Gasteiger partial charge on any atom is 0.324 e. The van der Waals surface area contributed by atoms with Gasteiger partial charge in [0.05, 0.1) is 14.2 Å². The Hall–Kier alpha value is -1.83. The van der Waals surface area contributed by atoms with Crippen LogP contribution in [0.5, 0.6) is 0 Å². The van der Waals surface area contributed by atoms with Gasteiger partial charge in [0.1, 0.15) is 6.29 Å². The van der Waals surface area contributed by atoms with Crippen molar-refractivity contribution < 1.29 is 23.9 Å². The molecule has 0 atom stereocenters. The Labute approximate surface area is 87.7 Å². The lowest BCUT2D eigenvalue weighted by atomic mass is 9.82. The molecule has 5 nitrogen and oxygen atoms in total. The fourth-order valence-corrected chi connectivity index (χ4v) is 1.17. The van der Waals surface area contributed by atoms with Crippen molar-refractivity contribution in [2.24, 2.45) is 5.41 Å². The molecule has 0 fully saturated rings. The number of methoxy groups -OCH3 is 2. The lowest BCUT2D eigenvalue weighted by molar-refractivity contribution is -0.169. The van der Waals surface area contributed by atoms with Gasteiger partial charge in [-0.1, -0.05) is 0 Å². The van der Waals surface area contributed by atoms with Gasteiger partial charge in [0.25, 0.3) is 0 Å². The Bertz CT molecular complexity index is 283. The molecule has 15 heavy (non-hydrogen) atoms. The molecule has 0 saturated heterocycles. The number of ether oxygens (including phenoxy) is 2. The Morgan fingerprint density at radius 2 is 1.80 bits per heavy atom. The normalized spacial score (nSPS) is 9.93. The minimum atomic E-state index is -1.71. The fourth-order valence-electron chi connectivity index (χ4n) is 1.17. The molecule has 0 aromatic carbocycles. The van der Waals surface area contributed by atoms with Crippen LogP contribution in [0.2, 0.25) is 0 Å². The Kier molecular flexibility index (Phi) is 5.10. The first kappa shape index (κ1) is 13.2. The molecule has 0 radical (unpaired) electrons. The molecule has 5 heteroatoms. The lowest BCUT2D eigenvalue weighted by Gasteiger charge is -2.23. The number of esters is 2. The number of hydrogen-bond acceptors (Lipinski definition) is 5. The van der Waals surface area contributed by atoms with E-state index in [-0.39, 0.29) is 12.8 Å². The minimum absolute atomic E-state index is 0.231. The van der Waals surface area contributed by atoms with Gasteiger partial charge in [0.2, 0.25) is 0 Å². The highest BCUT2D eigenvalue weighted by molar-refractivity contribution is 6.02. The first-order valence-electron chi connectivity index (χ1n) is 4.13. The number of aldehydes is 1. The van der Waals surface area contributed by atoms with Gasteiger partial charge in [-0.25, -0.2) is 0 Å². The van der Waals surface area contributed by atoms with Crippen LogP contribution in [0.4, 0.5) is 0 Å². The minimum Gasteiger partial charge on any atom is -0.468 e. The number of hydrogen-bond donors (Lipinski definition) is 0. The van der Waals surface area contributed by atoms with Gasteiger partial charge in [-0.15, -0.1) is 12.3 Å². The fraction of sp³-hybridized carbons (Fsp3) is 0.500. The summed E-state index contributed by atoms with van der Waals surface area (Å²) in [7, 11) is 2.22. The summed E-state index contributed by atoms with van der Waals surface area (Å²) < 4.78 is 8.90. The molecule has 0 aromatic rings. The number of terminal acetylenes is 1. The summed E-state index contributed by atoms with van der Waals surface area (Å²) in [6, 6.07) is 0. The summed E-state index contributed by atoms with van der Waals surface area (Å²) in [5.41, 5.74) is -1.71. The average molecular weight is 212 g/mol. The SMILES string of the molecule is C#CCC(CC=O)(C(=O)OC)C(=O)OC. The summed E-state index contributed by atoms with van der Waals surface area (Å²) in [6.07, 6.45) is 4.90. The third-order valence-corrected chi connectivity index (χ3v) is 1.99. The maximum atomic E-state index is 11.4. The molecule has 0 bridgehead atoms. The van der Waals surface area contributed by atoms with Gasteiger partial charge in [-0.3, -0.25) is 9.59 Å². The number of carbonyl (C=O) groups excluding carboxylic acids is 3. The number of carbonyl (C=O) groups is 3. The van der Waals surface area contributed by atoms with Crippen LogP contribution >= 0.6 is 0 Å². The van der Waals surface area contributed by atoms with E-state index in [2.05, 4.69) is 15.4 Å². The third kappa shape index (κ3) is 2.56. The van der Waals surface area contributed by atoms with Crippen molar-refractivity contribution in [2.45, 2.75) is 12.8 Å². The van der Waals surface area contributed by atoms with E-state index < -0.39 is 17.4 Å². The zero-order valence-electron chi connectivity index (χ0n) is 8.61. The van der Waals surface area contributed by atoms with Gasteiger partial charge >= 0.3 is 11.9 Å². The molecule has 0 aliphatic heterocycles. The van der Waals surface area contributed by atoms with Crippen molar-refractivity contribution in [1.29, 1.82) is 0 Å². The van der Waals surface area contributed by atoms with E-state index in [1.54, 1.807) is 0 Å². The molecular weight excluding hydrogens is 200 g/mol. The van der Waals surface area contributed by atoms with Gasteiger partial charge < -0.3 is 14.3 Å².